The van der Waals surface area contributed by atoms with Crippen molar-refractivity contribution in [2.75, 3.05) is 19.0 Å². The molecule has 2 aromatic rings. The summed E-state index contributed by atoms with van der Waals surface area (Å²) in [5.41, 5.74) is 2.02. The number of allylic oxidation sites excluding steroid dienone is 1. The van der Waals surface area contributed by atoms with Gasteiger partial charge in [0.15, 0.2) is 5.78 Å². The van der Waals surface area contributed by atoms with Gasteiger partial charge in [-0.2, -0.15) is 0 Å². The van der Waals surface area contributed by atoms with Crippen molar-refractivity contribution >= 4 is 17.5 Å². The van der Waals surface area contributed by atoms with Gasteiger partial charge in [-0.3, -0.25) is 4.79 Å². The number of carbonyl (C=O) groups is 1. The number of hydrogen-bond donors (Lipinski definition) is 0. The molecule has 0 amide bonds. The van der Waals surface area contributed by atoms with E-state index in [1.165, 1.54) is 18.2 Å². The monoisotopic (exact) mass is 269 g/mol. The molecule has 0 spiro atoms. The van der Waals surface area contributed by atoms with Gasteiger partial charge in [-0.05, 0) is 42.5 Å². The van der Waals surface area contributed by atoms with Gasteiger partial charge in [-0.1, -0.05) is 18.2 Å². The van der Waals surface area contributed by atoms with Crippen molar-refractivity contribution in [1.29, 1.82) is 0 Å². The van der Waals surface area contributed by atoms with Crippen molar-refractivity contribution in [2.45, 2.75) is 0 Å². The second-order valence-corrected chi connectivity index (χ2v) is 4.66. The second kappa shape index (κ2) is 6.15. The molecule has 20 heavy (non-hydrogen) atoms. The molecule has 0 radical (unpaired) electrons. The Balaban J connectivity index is 2.14. The van der Waals surface area contributed by atoms with Gasteiger partial charge in [-0.15, -0.1) is 0 Å². The summed E-state index contributed by atoms with van der Waals surface area (Å²) in [5, 5.41) is 0. The van der Waals surface area contributed by atoms with E-state index in [9.17, 15) is 9.18 Å². The summed E-state index contributed by atoms with van der Waals surface area (Å²) in [7, 11) is 3.88. The van der Waals surface area contributed by atoms with Crippen molar-refractivity contribution in [1.82, 2.24) is 0 Å². The molecule has 102 valence electrons. The Morgan fingerprint density at radius 2 is 1.70 bits per heavy atom. The molecule has 0 unspecified atom stereocenters. The van der Waals surface area contributed by atoms with E-state index in [0.717, 1.165) is 5.69 Å². The SMILES string of the molecule is CN(C)c1ccc(C(=O)/C=C/c2ccccc2F)cc1. The molecule has 0 saturated carbocycles. The lowest BCUT2D eigenvalue weighted by Gasteiger charge is -2.11. The molecule has 0 aromatic heterocycles. The number of hydrogen-bond acceptors (Lipinski definition) is 2. The van der Waals surface area contributed by atoms with Gasteiger partial charge in [0.2, 0.25) is 0 Å². The summed E-state index contributed by atoms with van der Waals surface area (Å²) in [6.45, 7) is 0. The van der Waals surface area contributed by atoms with Gasteiger partial charge in [0.1, 0.15) is 5.82 Å². The highest BCUT2D eigenvalue weighted by molar-refractivity contribution is 6.06. The van der Waals surface area contributed by atoms with Crippen molar-refractivity contribution in [3.05, 3.63) is 71.6 Å². The highest BCUT2D eigenvalue weighted by atomic mass is 19.1. The zero-order valence-corrected chi connectivity index (χ0v) is 11.5. The summed E-state index contributed by atoms with van der Waals surface area (Å²) in [6, 6.07) is 13.7. The number of benzene rings is 2. The van der Waals surface area contributed by atoms with E-state index in [1.54, 1.807) is 30.3 Å². The molecular weight excluding hydrogens is 253 g/mol. The van der Waals surface area contributed by atoms with Gasteiger partial charge < -0.3 is 4.90 Å². The molecule has 0 aliphatic heterocycles. The minimum atomic E-state index is -0.334. The van der Waals surface area contributed by atoms with Crippen LogP contribution >= 0.6 is 0 Å². The first kappa shape index (κ1) is 14.0. The maximum Gasteiger partial charge on any atom is 0.185 e. The van der Waals surface area contributed by atoms with Crippen LogP contribution in [0.2, 0.25) is 0 Å². The standard InChI is InChI=1S/C17H16FNO/c1-19(2)15-10-7-14(8-11-15)17(20)12-9-13-5-3-4-6-16(13)18/h3-12H,1-2H3/b12-9+. The lowest BCUT2D eigenvalue weighted by Crippen LogP contribution is -2.08. The predicted molar refractivity (Wildman–Crippen MR) is 80.5 cm³/mol. The van der Waals surface area contributed by atoms with Crippen molar-refractivity contribution in [3.8, 4) is 0 Å². The molecule has 0 bridgehead atoms. The quantitative estimate of drug-likeness (QED) is 0.621. The maximum absolute atomic E-state index is 13.4. The number of carbonyl (C=O) groups excluding carboxylic acids is 1. The summed E-state index contributed by atoms with van der Waals surface area (Å²) < 4.78 is 13.4. The van der Waals surface area contributed by atoms with E-state index < -0.39 is 0 Å². The first-order chi connectivity index (χ1) is 9.58. The molecule has 0 saturated heterocycles. The maximum atomic E-state index is 13.4. The van der Waals surface area contributed by atoms with Crippen molar-refractivity contribution in [3.63, 3.8) is 0 Å². The van der Waals surface area contributed by atoms with Crippen LogP contribution in [0.25, 0.3) is 6.08 Å². The van der Waals surface area contributed by atoms with Crippen LogP contribution in [-0.4, -0.2) is 19.9 Å². The normalized spacial score (nSPS) is 10.8. The Labute approximate surface area is 118 Å². The summed E-state index contributed by atoms with van der Waals surface area (Å²) >= 11 is 0. The van der Waals surface area contributed by atoms with E-state index in [4.69, 9.17) is 0 Å². The smallest absolute Gasteiger partial charge is 0.185 e. The molecule has 2 rings (SSSR count). The Morgan fingerprint density at radius 3 is 2.30 bits per heavy atom. The average Bonchev–Trinajstić information content (AvgIpc) is 2.46. The van der Waals surface area contributed by atoms with E-state index in [1.807, 2.05) is 31.1 Å². The molecule has 0 aliphatic rings. The Kier molecular flexibility index (Phi) is 4.31. The number of anilines is 1. The van der Waals surface area contributed by atoms with E-state index in [-0.39, 0.29) is 11.6 Å². The zero-order chi connectivity index (χ0) is 14.5. The van der Waals surface area contributed by atoms with Gasteiger partial charge in [0.05, 0.1) is 0 Å². The van der Waals surface area contributed by atoms with Crippen LogP contribution in [0.1, 0.15) is 15.9 Å². The Bertz CT molecular complexity index is 630. The molecule has 0 N–H and O–H groups in total. The second-order valence-electron chi connectivity index (χ2n) is 4.66. The van der Waals surface area contributed by atoms with Crippen LogP contribution in [-0.2, 0) is 0 Å². The van der Waals surface area contributed by atoms with Gasteiger partial charge in [-0.25, -0.2) is 4.39 Å². The third-order valence-electron chi connectivity index (χ3n) is 2.99. The minimum Gasteiger partial charge on any atom is -0.378 e. The first-order valence-corrected chi connectivity index (χ1v) is 6.32. The molecule has 0 heterocycles. The van der Waals surface area contributed by atoms with E-state index in [0.29, 0.717) is 11.1 Å². The zero-order valence-electron chi connectivity index (χ0n) is 11.5. The first-order valence-electron chi connectivity index (χ1n) is 6.32. The number of nitrogens with zero attached hydrogens (tertiary/aromatic N) is 1. The summed E-state index contributed by atoms with van der Waals surface area (Å²) in [5.74, 6) is -0.474. The van der Waals surface area contributed by atoms with Crippen LogP contribution in [0.5, 0.6) is 0 Å². The lowest BCUT2D eigenvalue weighted by molar-refractivity contribution is 0.104. The molecule has 2 aromatic carbocycles. The molecule has 0 aliphatic carbocycles. The van der Waals surface area contributed by atoms with Crippen LogP contribution in [0, 0.1) is 5.82 Å². The number of rotatable bonds is 4. The fourth-order valence-corrected chi connectivity index (χ4v) is 1.80. The van der Waals surface area contributed by atoms with Gasteiger partial charge in [0.25, 0.3) is 0 Å². The fourth-order valence-electron chi connectivity index (χ4n) is 1.80. The molecule has 2 nitrogen and oxygen atoms in total. The van der Waals surface area contributed by atoms with E-state index >= 15 is 0 Å². The fraction of sp³-hybridized carbons (Fsp3) is 0.118. The van der Waals surface area contributed by atoms with Crippen LogP contribution in [0.15, 0.2) is 54.6 Å². The third-order valence-corrected chi connectivity index (χ3v) is 2.99. The summed E-state index contributed by atoms with van der Waals surface area (Å²) in [4.78, 5) is 13.9. The van der Waals surface area contributed by atoms with Gasteiger partial charge in [0, 0.05) is 30.9 Å². The van der Waals surface area contributed by atoms with E-state index in [2.05, 4.69) is 0 Å². The largest absolute Gasteiger partial charge is 0.378 e. The topological polar surface area (TPSA) is 20.3 Å². The van der Waals surface area contributed by atoms with Crippen LogP contribution < -0.4 is 4.90 Å². The molecule has 0 fully saturated rings. The van der Waals surface area contributed by atoms with Crippen LogP contribution in [0.3, 0.4) is 0 Å². The highest BCUT2D eigenvalue weighted by Gasteiger charge is 2.03. The Morgan fingerprint density at radius 1 is 1.05 bits per heavy atom. The lowest BCUT2D eigenvalue weighted by atomic mass is 10.1. The predicted octanol–water partition coefficient (Wildman–Crippen LogP) is 3.79. The number of halogens is 1. The molecular formula is C17H16FNO. The summed E-state index contributed by atoms with van der Waals surface area (Å²) in [6.07, 6.45) is 2.89. The van der Waals surface area contributed by atoms with Gasteiger partial charge >= 0.3 is 0 Å². The number of ketones is 1. The van der Waals surface area contributed by atoms with Crippen molar-refractivity contribution in [2.24, 2.45) is 0 Å². The molecule has 0 atom stereocenters. The average molecular weight is 269 g/mol. The molecule has 3 heteroatoms. The van der Waals surface area contributed by atoms with Crippen molar-refractivity contribution < 1.29 is 9.18 Å². The highest BCUT2D eigenvalue weighted by Crippen LogP contribution is 2.14. The third kappa shape index (κ3) is 3.32. The Hall–Kier alpha value is -2.42. The van der Waals surface area contributed by atoms with Crippen LogP contribution in [0.4, 0.5) is 10.1 Å². The minimum absolute atomic E-state index is 0.140.